The van der Waals surface area contributed by atoms with Crippen molar-refractivity contribution in [3.05, 3.63) is 144 Å². The molecule has 0 unspecified atom stereocenters. The van der Waals surface area contributed by atoms with Crippen molar-refractivity contribution in [1.82, 2.24) is 0 Å². The third-order valence-corrected chi connectivity index (χ3v) is 10.8. The molecule has 4 aromatic carbocycles. The van der Waals surface area contributed by atoms with Crippen molar-refractivity contribution in [3.63, 3.8) is 0 Å². The van der Waals surface area contributed by atoms with Gasteiger partial charge in [0.05, 0.1) is 0 Å². The molecule has 1 saturated carbocycles. The number of rotatable bonds is 5. The van der Waals surface area contributed by atoms with Gasteiger partial charge in [-0.1, -0.05) is 158 Å². The van der Waals surface area contributed by atoms with E-state index >= 15 is 0 Å². The molecule has 2 heterocycles. The van der Waals surface area contributed by atoms with E-state index in [0.717, 1.165) is 41.5 Å². The van der Waals surface area contributed by atoms with E-state index in [1.165, 1.54) is 0 Å². The van der Waals surface area contributed by atoms with Crippen molar-refractivity contribution >= 4 is 8.25 Å². The average Bonchev–Trinajstić information content (AvgIpc) is 3.38. The lowest BCUT2D eigenvalue weighted by Gasteiger charge is -2.45. The number of benzene rings is 4. The summed E-state index contributed by atoms with van der Waals surface area (Å²) in [6.07, 6.45) is 1.47. The Bertz CT molecular complexity index is 1400. The Balaban J connectivity index is 1.56. The summed E-state index contributed by atoms with van der Waals surface area (Å²) in [7, 11) is -2.68. The van der Waals surface area contributed by atoms with Crippen LogP contribution in [0.5, 0.6) is 0 Å². The van der Waals surface area contributed by atoms with Crippen LogP contribution >= 0.6 is 8.25 Å². The Morgan fingerprint density at radius 1 is 0.614 bits per heavy atom. The Hall–Kier alpha value is -3.18. The fourth-order valence-electron chi connectivity index (χ4n) is 8.01. The van der Waals surface area contributed by atoms with Gasteiger partial charge < -0.3 is 9.47 Å². The summed E-state index contributed by atoms with van der Waals surface area (Å²) >= 11 is 0. The summed E-state index contributed by atoms with van der Waals surface area (Å²) in [6, 6.07) is 40.1. The molecule has 4 atom stereocenters. The van der Waals surface area contributed by atoms with Crippen LogP contribution in [0.25, 0.3) is 0 Å². The Kier molecular flexibility index (Phi) is 7.81. The summed E-state index contributed by atoms with van der Waals surface area (Å²) < 4.78 is 43.1. The molecule has 44 heavy (non-hydrogen) atoms. The van der Waals surface area contributed by atoms with Crippen molar-refractivity contribution in [1.29, 1.82) is 0 Å². The van der Waals surface area contributed by atoms with Gasteiger partial charge in [-0.15, -0.1) is 0 Å². The molecule has 7 rings (SSSR count). The quantitative estimate of drug-likeness (QED) is 0.212. The molecule has 0 aromatic heterocycles. The highest BCUT2D eigenvalue weighted by Crippen LogP contribution is 2.63. The first kappa shape index (κ1) is 29.5. The lowest BCUT2D eigenvalue weighted by atomic mass is 9.72. The third kappa shape index (κ3) is 4.69. The maximum atomic E-state index is 14.4. The average molecular weight is 608 g/mol. The number of ether oxygens (including phenoxy) is 2. The molecular weight excluding hydrogens is 567 g/mol. The van der Waals surface area contributed by atoms with Gasteiger partial charge in [0.25, 0.3) is 0 Å². The van der Waals surface area contributed by atoms with Crippen LogP contribution in [-0.2, 0) is 34.3 Å². The Morgan fingerprint density at radius 3 is 1.32 bits per heavy atom. The predicted molar refractivity (Wildman–Crippen MR) is 171 cm³/mol. The molecule has 0 N–H and O–H groups in total. The summed E-state index contributed by atoms with van der Waals surface area (Å²) in [5, 5.41) is 0. The van der Waals surface area contributed by atoms with Gasteiger partial charge in [-0.05, 0) is 40.5 Å². The van der Waals surface area contributed by atoms with E-state index in [4.69, 9.17) is 18.5 Å². The van der Waals surface area contributed by atoms with Gasteiger partial charge in [0, 0.05) is 16.9 Å². The van der Waals surface area contributed by atoms with Crippen molar-refractivity contribution in [2.75, 3.05) is 0 Å². The minimum atomic E-state index is -2.68. The van der Waals surface area contributed by atoms with Crippen LogP contribution in [0.15, 0.2) is 121 Å². The molecule has 2 saturated heterocycles. The second-order valence-electron chi connectivity index (χ2n) is 13.0. The van der Waals surface area contributed by atoms with Crippen LogP contribution in [-0.4, -0.2) is 18.0 Å². The second-order valence-corrected chi connectivity index (χ2v) is 13.8. The normalized spacial score (nSPS) is 27.1. The molecule has 1 aliphatic carbocycles. The molecule has 4 aromatic rings. The zero-order valence-corrected chi connectivity index (χ0v) is 26.4. The molecule has 3 fully saturated rings. The zero-order valence-electron chi connectivity index (χ0n) is 25.5. The van der Waals surface area contributed by atoms with E-state index in [1.54, 1.807) is 0 Å². The zero-order chi connectivity index (χ0) is 30.4. The smallest absolute Gasteiger partial charge is 0.340 e. The summed E-state index contributed by atoms with van der Waals surface area (Å²) in [5.41, 5.74) is 0.813. The maximum absolute atomic E-state index is 14.4. The first-order valence-electron chi connectivity index (χ1n) is 15.8. The van der Waals surface area contributed by atoms with E-state index in [0.29, 0.717) is 11.8 Å². The molecular formula is C38H40O5P+. The van der Waals surface area contributed by atoms with Gasteiger partial charge in [0.2, 0.25) is 11.2 Å². The van der Waals surface area contributed by atoms with Crippen molar-refractivity contribution in [2.45, 2.75) is 69.2 Å². The van der Waals surface area contributed by atoms with E-state index in [-0.39, 0.29) is 5.92 Å². The molecule has 226 valence electrons. The maximum Gasteiger partial charge on any atom is 0.700 e. The summed E-state index contributed by atoms with van der Waals surface area (Å²) in [4.78, 5) is 0. The summed E-state index contributed by atoms with van der Waals surface area (Å²) in [5.74, 6) is 0.0268. The van der Waals surface area contributed by atoms with E-state index in [2.05, 4.69) is 20.8 Å². The van der Waals surface area contributed by atoms with E-state index in [1.807, 2.05) is 121 Å². The van der Waals surface area contributed by atoms with Gasteiger partial charge in [0.1, 0.15) is 12.2 Å². The van der Waals surface area contributed by atoms with Crippen LogP contribution in [0.4, 0.5) is 0 Å². The van der Waals surface area contributed by atoms with Crippen molar-refractivity contribution < 1.29 is 23.1 Å². The van der Waals surface area contributed by atoms with Crippen LogP contribution in [0.3, 0.4) is 0 Å². The number of hydrogen-bond acceptors (Lipinski definition) is 5. The standard InChI is InChI=1S/C38H40O5P/c1-27(2)33-25-24-28(3)26-36(33)40-34-35(41-36)38(31-20-12-6-13-21-31,32-22-14-7-15-23-32)43-44(39)42-37(34,29-16-8-4-9-17-29)30-18-10-5-11-19-30/h4-23,27-28,33-35H,24-26H2,1-3H3/q+1/t28-,33+,34-,35-/m1/s1. The highest BCUT2D eigenvalue weighted by Gasteiger charge is 2.73. The van der Waals surface area contributed by atoms with Crippen molar-refractivity contribution in [2.24, 2.45) is 17.8 Å². The van der Waals surface area contributed by atoms with Crippen LogP contribution < -0.4 is 0 Å². The van der Waals surface area contributed by atoms with Crippen molar-refractivity contribution in [3.8, 4) is 0 Å². The SMILES string of the molecule is CC(C)[C@@H]1CC[C@@H](C)CC12O[C@@H]1[C@@H](O2)C(c2ccccc2)(c2ccccc2)O[P+](=O)OC1(c1ccccc1)c1ccccc1. The second kappa shape index (κ2) is 11.6. The molecule has 6 heteroatoms. The first-order chi connectivity index (χ1) is 21.4. The Labute approximate surface area is 261 Å². The van der Waals surface area contributed by atoms with Gasteiger partial charge in [-0.3, -0.25) is 0 Å². The molecule has 3 aliphatic rings. The van der Waals surface area contributed by atoms with Gasteiger partial charge in [-0.2, -0.15) is 0 Å². The lowest BCUT2D eigenvalue weighted by Crippen LogP contribution is -2.53. The number of fused-ring (bicyclic) bond motifs is 1. The fraction of sp³-hybridized carbons (Fsp3) is 0.368. The van der Waals surface area contributed by atoms with Gasteiger partial charge in [-0.25, -0.2) is 0 Å². The molecule has 0 amide bonds. The van der Waals surface area contributed by atoms with Crippen LogP contribution in [0.2, 0.25) is 0 Å². The molecule has 2 aliphatic heterocycles. The minimum Gasteiger partial charge on any atom is -0.340 e. The van der Waals surface area contributed by atoms with E-state index < -0.39 is 37.5 Å². The first-order valence-corrected chi connectivity index (χ1v) is 16.9. The Morgan fingerprint density at radius 2 is 0.977 bits per heavy atom. The largest absolute Gasteiger partial charge is 0.700 e. The molecule has 0 bridgehead atoms. The van der Waals surface area contributed by atoms with Gasteiger partial charge in [0.15, 0.2) is 5.79 Å². The summed E-state index contributed by atoms with van der Waals surface area (Å²) in [6.45, 7) is 6.80. The molecule has 0 radical (unpaired) electrons. The highest BCUT2D eigenvalue weighted by atomic mass is 31.1. The fourth-order valence-corrected chi connectivity index (χ4v) is 9.15. The molecule has 1 spiro atoms. The van der Waals surface area contributed by atoms with Crippen LogP contribution in [0.1, 0.15) is 62.3 Å². The predicted octanol–water partition coefficient (Wildman–Crippen LogP) is 9.15. The highest BCUT2D eigenvalue weighted by molar-refractivity contribution is 7.33. The minimum absolute atomic E-state index is 0.160. The monoisotopic (exact) mass is 607 g/mol. The van der Waals surface area contributed by atoms with Crippen LogP contribution in [0, 0.1) is 17.8 Å². The van der Waals surface area contributed by atoms with E-state index in [9.17, 15) is 4.57 Å². The molecule has 5 nitrogen and oxygen atoms in total. The number of hydrogen-bond donors (Lipinski definition) is 0. The third-order valence-electron chi connectivity index (χ3n) is 9.95. The van der Waals surface area contributed by atoms with Gasteiger partial charge >= 0.3 is 8.25 Å². The lowest BCUT2D eigenvalue weighted by molar-refractivity contribution is -0.259. The topological polar surface area (TPSA) is 54.0 Å².